The first-order chi connectivity index (χ1) is 9.61. The maximum Gasteiger partial charge on any atom is 0.318 e. The molecule has 1 aromatic heterocycles. The molecular weight excluding hydrogens is 265 g/mol. The molecule has 20 heavy (non-hydrogen) atoms. The van der Waals surface area contributed by atoms with Crippen LogP contribution in [0.4, 0.5) is 10.2 Å². The van der Waals surface area contributed by atoms with Crippen LogP contribution in [0, 0.1) is 11.7 Å². The highest BCUT2D eigenvalue weighted by Gasteiger charge is 2.42. The third-order valence-electron chi connectivity index (χ3n) is 3.38. The lowest BCUT2D eigenvalue weighted by Crippen LogP contribution is -2.51. The maximum atomic E-state index is 12.9. The summed E-state index contributed by atoms with van der Waals surface area (Å²) < 4.78 is 23.7. The Balaban J connectivity index is 1.75. The Morgan fingerprint density at radius 3 is 3.00 bits per heavy atom. The monoisotopic (exact) mass is 285 g/mol. The molecule has 112 valence electrons. The van der Waals surface area contributed by atoms with Crippen LogP contribution in [-0.2, 0) is 4.74 Å². The molecule has 3 atom stereocenters. The first kappa shape index (κ1) is 14.9. The van der Waals surface area contributed by atoms with Crippen molar-refractivity contribution in [2.24, 2.45) is 5.92 Å². The summed E-state index contributed by atoms with van der Waals surface area (Å²) in [7, 11) is 0. The van der Waals surface area contributed by atoms with E-state index >= 15 is 0 Å². The van der Waals surface area contributed by atoms with Crippen LogP contribution in [0.1, 0.15) is 26.2 Å². The van der Waals surface area contributed by atoms with Crippen LogP contribution in [0.15, 0.2) is 6.20 Å². The summed E-state index contributed by atoms with van der Waals surface area (Å²) in [4.78, 5) is 7.34. The van der Waals surface area contributed by atoms with Crippen LogP contribution in [-0.4, -0.2) is 40.5 Å². The van der Waals surface area contributed by atoms with Crippen molar-refractivity contribution < 1.29 is 19.0 Å². The van der Waals surface area contributed by atoms with Crippen LogP contribution in [0.5, 0.6) is 6.01 Å². The lowest BCUT2D eigenvalue weighted by atomic mass is 9.79. The zero-order valence-corrected chi connectivity index (χ0v) is 11.5. The number of nitrogen functional groups attached to an aromatic ring is 1. The minimum Gasteiger partial charge on any atom is -0.457 e. The van der Waals surface area contributed by atoms with E-state index in [4.69, 9.17) is 15.2 Å². The highest BCUT2D eigenvalue weighted by atomic mass is 19.1. The molecule has 7 heteroatoms. The second kappa shape index (κ2) is 6.81. The number of anilines is 1. The number of unbranched alkanes of at least 4 members (excludes halogenated alkanes) is 1. The third kappa shape index (κ3) is 3.55. The average molecular weight is 285 g/mol. The molecule has 0 aliphatic heterocycles. The Kier molecular flexibility index (Phi) is 5.08. The summed E-state index contributed by atoms with van der Waals surface area (Å²) in [6, 6.07) is -0.0155. The minimum atomic E-state index is -0.686. The molecule has 3 N–H and O–H groups in total. The lowest BCUT2D eigenvalue weighted by Gasteiger charge is -2.40. The number of aliphatic hydroxyl groups excluding tert-OH is 1. The topological polar surface area (TPSA) is 90.5 Å². The molecule has 0 radical (unpaired) electrons. The van der Waals surface area contributed by atoms with E-state index in [9.17, 15) is 9.50 Å². The maximum absolute atomic E-state index is 12.9. The predicted octanol–water partition coefficient (Wildman–Crippen LogP) is 1.14. The number of hydrogen-bond acceptors (Lipinski definition) is 6. The highest BCUT2D eigenvalue weighted by Crippen LogP contribution is 2.31. The molecule has 1 aliphatic rings. The zero-order chi connectivity index (χ0) is 14.5. The van der Waals surface area contributed by atoms with Gasteiger partial charge in [0.15, 0.2) is 11.6 Å². The summed E-state index contributed by atoms with van der Waals surface area (Å²) in [5.74, 6) is -0.883. The molecule has 1 aromatic rings. The van der Waals surface area contributed by atoms with E-state index in [1.807, 2.05) is 0 Å². The van der Waals surface area contributed by atoms with E-state index in [0.717, 1.165) is 19.0 Å². The Morgan fingerprint density at radius 1 is 1.55 bits per heavy atom. The Hall–Kier alpha value is -1.47. The van der Waals surface area contributed by atoms with E-state index in [0.29, 0.717) is 19.6 Å². The molecular formula is C13H20FN3O3. The number of hydrogen-bond donors (Lipinski definition) is 2. The van der Waals surface area contributed by atoms with Gasteiger partial charge in [-0.2, -0.15) is 4.98 Å². The van der Waals surface area contributed by atoms with Crippen LogP contribution < -0.4 is 10.5 Å². The molecule has 1 unspecified atom stereocenters. The van der Waals surface area contributed by atoms with Gasteiger partial charge in [0.05, 0.1) is 18.9 Å². The van der Waals surface area contributed by atoms with Crippen molar-refractivity contribution in [3.05, 3.63) is 12.0 Å². The summed E-state index contributed by atoms with van der Waals surface area (Å²) >= 11 is 0. The number of ether oxygens (including phenoxy) is 2. The summed E-state index contributed by atoms with van der Waals surface area (Å²) in [6.45, 7) is 3.33. The number of rotatable bonds is 7. The van der Waals surface area contributed by atoms with Gasteiger partial charge in [0.25, 0.3) is 0 Å². The van der Waals surface area contributed by atoms with Gasteiger partial charge in [-0.25, -0.2) is 9.37 Å². The van der Waals surface area contributed by atoms with Gasteiger partial charge in [-0.3, -0.25) is 0 Å². The van der Waals surface area contributed by atoms with Gasteiger partial charge in [-0.15, -0.1) is 0 Å². The van der Waals surface area contributed by atoms with Gasteiger partial charge in [-0.1, -0.05) is 13.3 Å². The van der Waals surface area contributed by atoms with Crippen molar-refractivity contribution in [2.45, 2.75) is 38.4 Å². The van der Waals surface area contributed by atoms with E-state index in [-0.39, 0.29) is 23.9 Å². The van der Waals surface area contributed by atoms with E-state index in [1.165, 1.54) is 0 Å². The average Bonchev–Trinajstić information content (AvgIpc) is 2.44. The van der Waals surface area contributed by atoms with E-state index in [2.05, 4.69) is 16.9 Å². The van der Waals surface area contributed by atoms with Crippen molar-refractivity contribution in [2.75, 3.05) is 18.9 Å². The van der Waals surface area contributed by atoms with Gasteiger partial charge in [0, 0.05) is 12.5 Å². The van der Waals surface area contributed by atoms with Gasteiger partial charge in [0.2, 0.25) is 0 Å². The molecule has 1 saturated carbocycles. The number of aliphatic hydroxyl groups is 1. The van der Waals surface area contributed by atoms with Crippen LogP contribution in [0.25, 0.3) is 0 Å². The molecule has 0 amide bonds. The van der Waals surface area contributed by atoms with Crippen molar-refractivity contribution in [3.8, 4) is 6.01 Å². The molecule has 0 spiro atoms. The summed E-state index contributed by atoms with van der Waals surface area (Å²) in [5.41, 5.74) is 5.32. The van der Waals surface area contributed by atoms with Crippen molar-refractivity contribution in [3.63, 3.8) is 0 Å². The first-order valence-corrected chi connectivity index (χ1v) is 6.82. The van der Waals surface area contributed by atoms with Crippen LogP contribution in [0.2, 0.25) is 0 Å². The Morgan fingerprint density at radius 2 is 2.35 bits per heavy atom. The molecule has 2 rings (SSSR count). The van der Waals surface area contributed by atoms with Gasteiger partial charge in [0.1, 0.15) is 6.10 Å². The van der Waals surface area contributed by atoms with Crippen molar-refractivity contribution in [1.29, 1.82) is 0 Å². The summed E-state index contributed by atoms with van der Waals surface area (Å²) in [5, 5.41) is 9.94. The molecule has 0 bridgehead atoms. The van der Waals surface area contributed by atoms with Crippen molar-refractivity contribution >= 4 is 5.82 Å². The van der Waals surface area contributed by atoms with Gasteiger partial charge in [-0.05, 0) is 12.8 Å². The van der Waals surface area contributed by atoms with Crippen LogP contribution in [0.3, 0.4) is 0 Å². The Bertz CT molecular complexity index is 447. The predicted molar refractivity (Wildman–Crippen MR) is 70.7 cm³/mol. The number of nitrogens with two attached hydrogens (primary N) is 1. The van der Waals surface area contributed by atoms with Gasteiger partial charge < -0.3 is 20.3 Å². The molecule has 0 saturated heterocycles. The molecule has 1 aliphatic carbocycles. The second-order valence-corrected chi connectivity index (χ2v) is 4.96. The van der Waals surface area contributed by atoms with Crippen molar-refractivity contribution in [1.82, 2.24) is 9.97 Å². The largest absolute Gasteiger partial charge is 0.457 e. The standard InChI is InChI=1S/C13H20FN3O3/c1-2-3-4-19-7-8-5-10(11(8)18)20-13-16-6-9(14)12(15)17-13/h6,8,10-11,18H,2-5,7H2,1H3,(H2,15,16,17)/t8-,10-,11?/m1/s1. The number of nitrogens with zero attached hydrogens (tertiary/aromatic N) is 2. The van der Waals surface area contributed by atoms with Crippen LogP contribution >= 0.6 is 0 Å². The third-order valence-corrected chi connectivity index (χ3v) is 3.38. The molecule has 1 fully saturated rings. The minimum absolute atomic E-state index is 0.0155. The normalized spacial score (nSPS) is 25.2. The number of aromatic nitrogens is 2. The van der Waals surface area contributed by atoms with Gasteiger partial charge >= 0.3 is 6.01 Å². The fourth-order valence-electron chi connectivity index (χ4n) is 2.01. The lowest BCUT2D eigenvalue weighted by molar-refractivity contribution is -0.115. The fourth-order valence-corrected chi connectivity index (χ4v) is 2.01. The molecule has 6 nitrogen and oxygen atoms in total. The Labute approximate surface area is 117 Å². The quantitative estimate of drug-likeness (QED) is 0.730. The first-order valence-electron chi connectivity index (χ1n) is 6.82. The zero-order valence-electron chi connectivity index (χ0n) is 11.5. The van der Waals surface area contributed by atoms with E-state index < -0.39 is 11.9 Å². The fraction of sp³-hybridized carbons (Fsp3) is 0.692. The second-order valence-electron chi connectivity index (χ2n) is 4.96. The summed E-state index contributed by atoms with van der Waals surface area (Å²) in [6.07, 6.45) is 2.71. The molecule has 0 aromatic carbocycles. The highest BCUT2D eigenvalue weighted by molar-refractivity contribution is 5.29. The number of halogens is 1. The van der Waals surface area contributed by atoms with E-state index in [1.54, 1.807) is 0 Å². The smallest absolute Gasteiger partial charge is 0.318 e. The SMILES string of the molecule is CCCCOC[C@H]1C[C@@H](Oc2ncc(F)c(N)n2)C1O. The molecule has 1 heterocycles.